The van der Waals surface area contributed by atoms with Crippen LogP contribution in [0.5, 0.6) is 28.7 Å². The van der Waals surface area contributed by atoms with Gasteiger partial charge in [-0.15, -0.1) is 0 Å². The number of anilines is 2. The van der Waals surface area contributed by atoms with Crippen molar-refractivity contribution in [3.05, 3.63) is 89.0 Å². The number of hydrogen-bond acceptors (Lipinski definition) is 9. The number of hydrogen-bond donors (Lipinski definition) is 2. The average Bonchev–Trinajstić information content (AvgIpc) is 3.68. The van der Waals surface area contributed by atoms with Gasteiger partial charge in [0.25, 0.3) is 0 Å². The first kappa shape index (κ1) is 29.3. The van der Waals surface area contributed by atoms with Crippen molar-refractivity contribution >= 4 is 23.4 Å². The van der Waals surface area contributed by atoms with Crippen molar-refractivity contribution in [2.45, 2.75) is 18.6 Å². The van der Waals surface area contributed by atoms with Crippen molar-refractivity contribution in [2.24, 2.45) is 0 Å². The summed E-state index contributed by atoms with van der Waals surface area (Å²) in [5.74, 6) is 1.96. The van der Waals surface area contributed by atoms with Gasteiger partial charge in [0, 0.05) is 34.6 Å². The SMILES string of the molecule is COc1ccc2c(c1OC)C(=O)O[C@@H]2[C@H]1c2c(c(-c3ccc(NC(=O)Nc4ccccc4)cc3)c3c(c2OC)OCO3)CCN1C. The molecule has 3 aliphatic rings. The maximum Gasteiger partial charge on any atom is 0.343 e. The fourth-order valence-electron chi connectivity index (χ4n) is 6.67. The number of carbonyl (C=O) groups is 2. The lowest BCUT2D eigenvalue weighted by Crippen LogP contribution is -2.36. The molecular weight excluding hydrogens is 590 g/mol. The number of likely N-dealkylation sites (N-methyl/N-ethyl adjacent to an activating group) is 1. The number of carbonyl (C=O) groups excluding carboxylic acids is 2. The summed E-state index contributed by atoms with van der Waals surface area (Å²) in [6.45, 7) is 0.725. The number of nitrogens with one attached hydrogen (secondary N) is 2. The summed E-state index contributed by atoms with van der Waals surface area (Å²) < 4.78 is 35.3. The van der Waals surface area contributed by atoms with Crippen LogP contribution < -0.4 is 34.3 Å². The molecule has 236 valence electrons. The number of rotatable bonds is 7. The monoisotopic (exact) mass is 623 g/mol. The summed E-state index contributed by atoms with van der Waals surface area (Å²) in [7, 11) is 6.65. The number of benzene rings is 4. The number of methoxy groups -OCH3 is 3. The first-order valence-electron chi connectivity index (χ1n) is 14.8. The molecule has 2 amide bonds. The van der Waals surface area contributed by atoms with Gasteiger partial charge in [0.05, 0.1) is 27.4 Å². The van der Waals surface area contributed by atoms with Crippen LogP contribution in [0.3, 0.4) is 0 Å². The number of para-hydroxylation sites is 1. The molecule has 4 aromatic rings. The molecule has 46 heavy (non-hydrogen) atoms. The van der Waals surface area contributed by atoms with E-state index in [0.29, 0.717) is 64.2 Å². The third-order valence-electron chi connectivity index (χ3n) is 8.68. The van der Waals surface area contributed by atoms with Crippen LogP contribution in [0.15, 0.2) is 66.7 Å². The van der Waals surface area contributed by atoms with Gasteiger partial charge in [-0.1, -0.05) is 36.4 Å². The van der Waals surface area contributed by atoms with Crippen molar-refractivity contribution in [1.82, 2.24) is 4.90 Å². The van der Waals surface area contributed by atoms with Gasteiger partial charge in [-0.2, -0.15) is 0 Å². The van der Waals surface area contributed by atoms with E-state index < -0.39 is 18.1 Å². The third-order valence-corrected chi connectivity index (χ3v) is 8.68. The largest absolute Gasteiger partial charge is 0.493 e. The molecule has 11 nitrogen and oxygen atoms in total. The zero-order valence-corrected chi connectivity index (χ0v) is 25.8. The molecule has 0 unspecified atom stereocenters. The quantitative estimate of drug-likeness (QED) is 0.232. The standard InChI is InChI=1S/C35H33N3O8/c1-38-17-16-22-25(19-10-12-21(13-11-19)37-35(40)36-20-8-6-5-7-9-20)32-33(45-18-44-32)31(43-4)26(22)28(38)29-23-14-15-24(41-2)30(42-3)27(23)34(39)46-29/h5-15,28-29H,16-18H2,1-4H3,(H2,36,37,40)/t28-,29+/m1/s1. The molecule has 0 radical (unpaired) electrons. The van der Waals surface area contributed by atoms with Crippen LogP contribution >= 0.6 is 0 Å². The number of amides is 2. The van der Waals surface area contributed by atoms with E-state index in [1.807, 2.05) is 67.7 Å². The van der Waals surface area contributed by atoms with E-state index in [1.165, 1.54) is 14.2 Å². The molecule has 0 saturated heterocycles. The fraction of sp³-hybridized carbons (Fsp3) is 0.257. The Hall–Kier alpha value is -5.42. The second-order valence-electron chi connectivity index (χ2n) is 11.2. The lowest BCUT2D eigenvalue weighted by atomic mass is 9.81. The minimum atomic E-state index is -0.650. The summed E-state index contributed by atoms with van der Waals surface area (Å²) in [6, 6.07) is 19.7. The number of ether oxygens (including phenoxy) is 6. The Morgan fingerprint density at radius 3 is 2.22 bits per heavy atom. The van der Waals surface area contributed by atoms with Crippen LogP contribution in [0.2, 0.25) is 0 Å². The van der Waals surface area contributed by atoms with Gasteiger partial charge in [-0.25, -0.2) is 9.59 Å². The Balaban J connectivity index is 1.30. The molecule has 4 aromatic carbocycles. The second-order valence-corrected chi connectivity index (χ2v) is 11.2. The first-order chi connectivity index (χ1) is 22.4. The van der Waals surface area contributed by atoms with E-state index in [4.69, 9.17) is 28.4 Å². The van der Waals surface area contributed by atoms with Gasteiger partial charge < -0.3 is 39.1 Å². The van der Waals surface area contributed by atoms with Crippen LogP contribution in [-0.4, -0.2) is 58.6 Å². The zero-order chi connectivity index (χ0) is 31.9. The first-order valence-corrected chi connectivity index (χ1v) is 14.8. The molecule has 2 N–H and O–H groups in total. The van der Waals surface area contributed by atoms with Crippen molar-refractivity contribution < 1.29 is 38.0 Å². The fourth-order valence-corrected chi connectivity index (χ4v) is 6.67. The zero-order valence-electron chi connectivity index (χ0n) is 25.8. The molecule has 2 atom stereocenters. The van der Waals surface area contributed by atoms with E-state index in [9.17, 15) is 9.59 Å². The molecule has 3 heterocycles. The van der Waals surface area contributed by atoms with Crippen molar-refractivity contribution in [3.8, 4) is 39.9 Å². The predicted octanol–water partition coefficient (Wildman–Crippen LogP) is 6.19. The minimum Gasteiger partial charge on any atom is -0.493 e. The molecule has 7 rings (SSSR count). The molecule has 0 spiro atoms. The maximum atomic E-state index is 13.3. The Morgan fingerprint density at radius 2 is 1.52 bits per heavy atom. The van der Waals surface area contributed by atoms with Crippen LogP contribution in [0.1, 0.15) is 39.2 Å². The molecule has 11 heteroatoms. The Morgan fingerprint density at radius 1 is 0.826 bits per heavy atom. The average molecular weight is 624 g/mol. The van der Waals surface area contributed by atoms with Gasteiger partial charge in [0.2, 0.25) is 12.5 Å². The maximum absolute atomic E-state index is 13.3. The number of cyclic esters (lactones) is 1. The highest BCUT2D eigenvalue weighted by Crippen LogP contribution is 2.58. The lowest BCUT2D eigenvalue weighted by Gasteiger charge is -2.39. The number of nitrogens with zero attached hydrogens (tertiary/aromatic N) is 1. The van der Waals surface area contributed by atoms with Gasteiger partial charge in [0.15, 0.2) is 23.0 Å². The van der Waals surface area contributed by atoms with Gasteiger partial charge in [-0.05, 0) is 54.9 Å². The highest BCUT2D eigenvalue weighted by atomic mass is 16.7. The summed E-state index contributed by atoms with van der Waals surface area (Å²) in [5, 5.41) is 5.71. The van der Waals surface area contributed by atoms with E-state index in [-0.39, 0.29) is 12.8 Å². The van der Waals surface area contributed by atoms with Crippen LogP contribution in [0, 0.1) is 0 Å². The van der Waals surface area contributed by atoms with Gasteiger partial charge in [-0.3, -0.25) is 4.90 Å². The molecule has 0 fully saturated rings. The Labute approximate surface area is 265 Å². The van der Waals surface area contributed by atoms with Crippen LogP contribution in [-0.2, 0) is 11.2 Å². The highest BCUT2D eigenvalue weighted by molar-refractivity contribution is 6.00. The predicted molar refractivity (Wildman–Crippen MR) is 170 cm³/mol. The third kappa shape index (κ3) is 4.80. The Bertz CT molecular complexity index is 1830. The number of fused-ring (bicyclic) bond motifs is 3. The van der Waals surface area contributed by atoms with E-state index in [0.717, 1.165) is 22.3 Å². The molecule has 0 bridgehead atoms. The van der Waals surface area contributed by atoms with E-state index >= 15 is 0 Å². The highest BCUT2D eigenvalue weighted by Gasteiger charge is 2.47. The van der Waals surface area contributed by atoms with Crippen LogP contribution in [0.25, 0.3) is 11.1 Å². The van der Waals surface area contributed by atoms with Crippen LogP contribution in [0.4, 0.5) is 16.2 Å². The normalized spacial score (nSPS) is 17.9. The smallest absolute Gasteiger partial charge is 0.343 e. The number of esters is 1. The molecule has 0 saturated carbocycles. The van der Waals surface area contributed by atoms with Gasteiger partial charge in [0.1, 0.15) is 11.7 Å². The minimum absolute atomic E-state index is 0.0413. The summed E-state index contributed by atoms with van der Waals surface area (Å²) >= 11 is 0. The van der Waals surface area contributed by atoms with Crippen molar-refractivity contribution in [2.75, 3.05) is 52.3 Å². The lowest BCUT2D eigenvalue weighted by molar-refractivity contribution is 0.00877. The second kappa shape index (κ2) is 11.8. The summed E-state index contributed by atoms with van der Waals surface area (Å²) in [4.78, 5) is 28.1. The molecular formula is C35H33N3O8. The van der Waals surface area contributed by atoms with Gasteiger partial charge >= 0.3 is 12.0 Å². The molecule has 0 aliphatic carbocycles. The van der Waals surface area contributed by atoms with Crippen molar-refractivity contribution in [1.29, 1.82) is 0 Å². The summed E-state index contributed by atoms with van der Waals surface area (Å²) in [6.07, 6.45) is 0.0343. The topological polar surface area (TPSA) is 117 Å². The number of urea groups is 1. The Kier molecular flexibility index (Phi) is 7.53. The molecule has 0 aromatic heterocycles. The molecule has 3 aliphatic heterocycles. The van der Waals surface area contributed by atoms with Crippen molar-refractivity contribution in [3.63, 3.8) is 0 Å². The van der Waals surface area contributed by atoms with E-state index in [1.54, 1.807) is 13.2 Å². The summed E-state index contributed by atoms with van der Waals surface area (Å²) in [5.41, 5.74) is 6.01. The van der Waals surface area contributed by atoms with E-state index in [2.05, 4.69) is 15.5 Å².